The van der Waals surface area contributed by atoms with Gasteiger partial charge in [0, 0.05) is 29.5 Å². The summed E-state index contributed by atoms with van der Waals surface area (Å²) in [5.74, 6) is 0. The molecule has 0 bridgehead atoms. The molecule has 0 fully saturated rings. The summed E-state index contributed by atoms with van der Waals surface area (Å²) < 4.78 is 1.01. The molecule has 0 aromatic carbocycles. The summed E-state index contributed by atoms with van der Waals surface area (Å²) in [4.78, 5) is 11.1. The van der Waals surface area contributed by atoms with Crippen LogP contribution < -0.4 is 0 Å². The van der Waals surface area contributed by atoms with Gasteiger partial charge in [-0.25, -0.2) is 0 Å². The Balaban J connectivity index is 1.96. The van der Waals surface area contributed by atoms with Gasteiger partial charge in [-0.3, -0.25) is 14.9 Å². The molecule has 2 aromatic rings. The van der Waals surface area contributed by atoms with Gasteiger partial charge >= 0.3 is 0 Å². The van der Waals surface area contributed by atoms with Gasteiger partial charge < -0.3 is 0 Å². The van der Waals surface area contributed by atoms with Crippen molar-refractivity contribution in [3.63, 3.8) is 0 Å². The Morgan fingerprint density at radius 3 is 2.56 bits per heavy atom. The first kappa shape index (κ1) is 13.2. The molecule has 2 aromatic heterocycles. The number of pyridine rings is 2. The molecule has 94 valence electrons. The first-order valence-corrected chi connectivity index (χ1v) is 6.64. The smallest absolute Gasteiger partial charge is 0.0547 e. The van der Waals surface area contributed by atoms with Crippen LogP contribution in [-0.2, 0) is 13.1 Å². The van der Waals surface area contributed by atoms with E-state index in [1.807, 2.05) is 37.4 Å². The van der Waals surface area contributed by atoms with Gasteiger partial charge in [0.05, 0.1) is 11.4 Å². The summed E-state index contributed by atoms with van der Waals surface area (Å²) in [6, 6.07) is 10.2. The van der Waals surface area contributed by atoms with E-state index < -0.39 is 0 Å². The summed E-state index contributed by atoms with van der Waals surface area (Å²) in [7, 11) is 2.08. The normalized spacial score (nSPS) is 10.9. The lowest BCUT2D eigenvalue weighted by atomic mass is 10.3. The molecule has 0 radical (unpaired) electrons. The van der Waals surface area contributed by atoms with Crippen molar-refractivity contribution in [2.45, 2.75) is 20.0 Å². The molecule has 0 aliphatic rings. The van der Waals surface area contributed by atoms with E-state index in [9.17, 15) is 0 Å². The zero-order valence-electron chi connectivity index (χ0n) is 10.6. The van der Waals surface area contributed by atoms with Crippen LogP contribution in [0, 0.1) is 6.92 Å². The first-order chi connectivity index (χ1) is 8.63. The minimum Gasteiger partial charge on any atom is -0.295 e. The van der Waals surface area contributed by atoms with E-state index in [0.717, 1.165) is 34.6 Å². The van der Waals surface area contributed by atoms with E-state index in [1.165, 1.54) is 0 Å². The van der Waals surface area contributed by atoms with Gasteiger partial charge in [0.1, 0.15) is 0 Å². The summed E-state index contributed by atoms with van der Waals surface area (Å²) in [6.45, 7) is 3.67. The third-order valence-corrected chi connectivity index (χ3v) is 3.07. The average Bonchev–Trinajstić information content (AvgIpc) is 2.32. The maximum Gasteiger partial charge on any atom is 0.0547 e. The zero-order valence-corrected chi connectivity index (χ0v) is 12.2. The highest BCUT2D eigenvalue weighted by molar-refractivity contribution is 9.10. The molecule has 0 spiro atoms. The molecular formula is C14H16BrN3. The first-order valence-electron chi connectivity index (χ1n) is 5.85. The summed E-state index contributed by atoms with van der Waals surface area (Å²) >= 11 is 3.39. The summed E-state index contributed by atoms with van der Waals surface area (Å²) in [5.41, 5.74) is 3.21. The standard InChI is InChI=1S/C14H16BrN3/c1-11-4-3-5-14(17-11)10-18(2)9-13-7-6-12(15)8-16-13/h3-8H,9-10H2,1-2H3. The molecule has 3 nitrogen and oxygen atoms in total. The molecule has 0 atom stereocenters. The summed E-state index contributed by atoms with van der Waals surface area (Å²) in [5, 5.41) is 0. The Labute approximate surface area is 116 Å². The zero-order chi connectivity index (χ0) is 13.0. The minimum absolute atomic E-state index is 0.822. The third kappa shape index (κ3) is 3.89. The highest BCUT2D eigenvalue weighted by Gasteiger charge is 2.04. The number of hydrogen-bond donors (Lipinski definition) is 0. The van der Waals surface area contributed by atoms with E-state index in [-0.39, 0.29) is 0 Å². The highest BCUT2D eigenvalue weighted by atomic mass is 79.9. The van der Waals surface area contributed by atoms with Crippen LogP contribution in [0.4, 0.5) is 0 Å². The van der Waals surface area contributed by atoms with Crippen molar-refractivity contribution in [1.29, 1.82) is 0 Å². The fraction of sp³-hybridized carbons (Fsp3) is 0.286. The van der Waals surface area contributed by atoms with Crippen molar-refractivity contribution in [2.75, 3.05) is 7.05 Å². The Morgan fingerprint density at radius 2 is 1.89 bits per heavy atom. The minimum atomic E-state index is 0.822. The number of aromatic nitrogens is 2. The molecule has 18 heavy (non-hydrogen) atoms. The lowest BCUT2D eigenvalue weighted by Gasteiger charge is -2.15. The van der Waals surface area contributed by atoms with Crippen molar-refractivity contribution in [3.8, 4) is 0 Å². The van der Waals surface area contributed by atoms with Crippen LogP contribution in [0.25, 0.3) is 0 Å². The van der Waals surface area contributed by atoms with E-state index in [1.54, 1.807) is 0 Å². The van der Waals surface area contributed by atoms with Crippen LogP contribution in [0.5, 0.6) is 0 Å². The van der Waals surface area contributed by atoms with E-state index in [0.29, 0.717) is 0 Å². The molecular weight excluding hydrogens is 290 g/mol. The third-order valence-electron chi connectivity index (χ3n) is 2.60. The van der Waals surface area contributed by atoms with Gasteiger partial charge in [0.15, 0.2) is 0 Å². The molecule has 0 amide bonds. The van der Waals surface area contributed by atoms with Gasteiger partial charge in [-0.2, -0.15) is 0 Å². The Bertz CT molecular complexity index is 511. The number of nitrogens with zero attached hydrogens (tertiary/aromatic N) is 3. The van der Waals surface area contributed by atoms with E-state index in [2.05, 4.69) is 43.9 Å². The molecule has 0 unspecified atom stereocenters. The van der Waals surface area contributed by atoms with Gasteiger partial charge in [0.25, 0.3) is 0 Å². The van der Waals surface area contributed by atoms with Crippen LogP contribution in [0.2, 0.25) is 0 Å². The van der Waals surface area contributed by atoms with E-state index in [4.69, 9.17) is 0 Å². The SMILES string of the molecule is Cc1cccc(CN(C)Cc2ccc(Br)cn2)n1. The predicted molar refractivity (Wildman–Crippen MR) is 76.1 cm³/mol. The van der Waals surface area contributed by atoms with Crippen molar-refractivity contribution >= 4 is 15.9 Å². The molecule has 4 heteroatoms. The van der Waals surface area contributed by atoms with Gasteiger partial charge in [-0.15, -0.1) is 0 Å². The van der Waals surface area contributed by atoms with Crippen LogP contribution in [-0.4, -0.2) is 21.9 Å². The Kier molecular flexibility index (Phi) is 4.44. The number of rotatable bonds is 4. The summed E-state index contributed by atoms with van der Waals surface area (Å²) in [6.07, 6.45) is 1.83. The van der Waals surface area contributed by atoms with Crippen LogP contribution in [0.1, 0.15) is 17.1 Å². The number of aryl methyl sites for hydroxylation is 1. The van der Waals surface area contributed by atoms with E-state index >= 15 is 0 Å². The molecule has 0 aliphatic carbocycles. The second-order valence-electron chi connectivity index (χ2n) is 4.41. The maximum absolute atomic E-state index is 4.50. The van der Waals surface area contributed by atoms with Crippen LogP contribution in [0.3, 0.4) is 0 Å². The van der Waals surface area contributed by atoms with Gasteiger partial charge in [-0.05, 0) is 54.2 Å². The van der Waals surface area contributed by atoms with Gasteiger partial charge in [0.2, 0.25) is 0 Å². The fourth-order valence-corrected chi connectivity index (χ4v) is 2.03. The number of halogens is 1. The highest BCUT2D eigenvalue weighted by Crippen LogP contribution is 2.10. The van der Waals surface area contributed by atoms with Crippen molar-refractivity contribution in [2.24, 2.45) is 0 Å². The van der Waals surface area contributed by atoms with Crippen molar-refractivity contribution in [1.82, 2.24) is 14.9 Å². The second-order valence-corrected chi connectivity index (χ2v) is 5.33. The monoisotopic (exact) mass is 305 g/mol. The molecule has 0 N–H and O–H groups in total. The molecule has 0 saturated heterocycles. The largest absolute Gasteiger partial charge is 0.295 e. The Hall–Kier alpha value is -1.26. The fourth-order valence-electron chi connectivity index (χ4n) is 1.80. The Morgan fingerprint density at radius 1 is 1.11 bits per heavy atom. The topological polar surface area (TPSA) is 29.0 Å². The predicted octanol–water partition coefficient (Wildman–Crippen LogP) is 3.18. The average molecular weight is 306 g/mol. The lowest BCUT2D eigenvalue weighted by molar-refractivity contribution is 0.311. The second kappa shape index (κ2) is 6.07. The molecule has 0 saturated carbocycles. The van der Waals surface area contributed by atoms with Crippen molar-refractivity contribution in [3.05, 3.63) is 58.1 Å². The lowest BCUT2D eigenvalue weighted by Crippen LogP contribution is -2.18. The van der Waals surface area contributed by atoms with Crippen LogP contribution >= 0.6 is 15.9 Å². The molecule has 2 heterocycles. The quantitative estimate of drug-likeness (QED) is 0.869. The van der Waals surface area contributed by atoms with Crippen LogP contribution in [0.15, 0.2) is 41.0 Å². The number of hydrogen-bond acceptors (Lipinski definition) is 3. The molecule has 0 aliphatic heterocycles. The maximum atomic E-state index is 4.50. The van der Waals surface area contributed by atoms with Gasteiger partial charge in [-0.1, -0.05) is 6.07 Å². The molecule has 2 rings (SSSR count). The van der Waals surface area contributed by atoms with Crippen molar-refractivity contribution < 1.29 is 0 Å².